The SMILES string of the molecule is CCCCCCCCCCCCCC(=O)N/N=C\c1ccc(OC(=O)c2sc3ccccc3c2Cl)cc1. The van der Waals surface area contributed by atoms with Crippen LogP contribution in [0.3, 0.4) is 0 Å². The van der Waals surface area contributed by atoms with Gasteiger partial charge >= 0.3 is 5.97 Å². The van der Waals surface area contributed by atoms with Crippen LogP contribution in [-0.2, 0) is 4.79 Å². The summed E-state index contributed by atoms with van der Waals surface area (Å²) in [7, 11) is 0. The minimum atomic E-state index is -0.484. The van der Waals surface area contributed by atoms with Gasteiger partial charge in [-0.3, -0.25) is 4.79 Å². The molecule has 198 valence electrons. The van der Waals surface area contributed by atoms with Gasteiger partial charge in [0.1, 0.15) is 10.6 Å². The summed E-state index contributed by atoms with van der Waals surface area (Å²) in [5.41, 5.74) is 3.37. The van der Waals surface area contributed by atoms with E-state index >= 15 is 0 Å². The van der Waals surface area contributed by atoms with Crippen LogP contribution in [0.25, 0.3) is 10.1 Å². The third-order valence-corrected chi connectivity index (χ3v) is 7.88. The van der Waals surface area contributed by atoms with Crippen molar-refractivity contribution in [3.8, 4) is 5.75 Å². The Morgan fingerprint density at radius 3 is 2.16 bits per heavy atom. The third kappa shape index (κ3) is 9.94. The minimum absolute atomic E-state index is 0.0714. The fraction of sp³-hybridized carbons (Fsp3) is 0.433. The molecule has 0 aliphatic rings. The number of carbonyl (C=O) groups is 2. The van der Waals surface area contributed by atoms with Crippen molar-refractivity contribution in [1.82, 2.24) is 5.43 Å². The van der Waals surface area contributed by atoms with E-state index in [9.17, 15) is 9.59 Å². The number of rotatable bonds is 16. The molecule has 0 radical (unpaired) electrons. The predicted molar refractivity (Wildman–Crippen MR) is 155 cm³/mol. The van der Waals surface area contributed by atoms with Gasteiger partial charge < -0.3 is 4.74 Å². The molecule has 1 amide bonds. The van der Waals surface area contributed by atoms with E-state index in [-0.39, 0.29) is 5.91 Å². The zero-order chi connectivity index (χ0) is 26.3. The standard InChI is InChI=1S/C30H37ClN2O3S/c1-2-3-4-5-6-7-8-9-10-11-12-17-27(34)33-32-22-23-18-20-24(21-19-23)36-30(35)29-28(31)25-15-13-14-16-26(25)37-29/h13-16,18-22H,2-12,17H2,1H3,(H,33,34)/b32-22-. The number of carbonyl (C=O) groups excluding carboxylic acids is 2. The van der Waals surface area contributed by atoms with Gasteiger partial charge in [-0.25, -0.2) is 10.2 Å². The molecule has 1 heterocycles. The second-order valence-corrected chi connectivity index (χ2v) is 10.7. The van der Waals surface area contributed by atoms with Gasteiger partial charge in [0.2, 0.25) is 5.91 Å². The van der Waals surface area contributed by atoms with Crippen molar-refractivity contribution in [3.05, 3.63) is 64.0 Å². The monoisotopic (exact) mass is 540 g/mol. The highest BCUT2D eigenvalue weighted by Gasteiger charge is 2.18. The molecule has 0 bridgehead atoms. The van der Waals surface area contributed by atoms with E-state index in [0.717, 1.165) is 28.5 Å². The number of ether oxygens (including phenoxy) is 1. The average molecular weight is 541 g/mol. The van der Waals surface area contributed by atoms with Crippen LogP contribution >= 0.6 is 22.9 Å². The number of nitrogens with zero attached hydrogens (tertiary/aromatic N) is 1. The van der Waals surface area contributed by atoms with Crippen molar-refractivity contribution in [2.45, 2.75) is 84.0 Å². The quantitative estimate of drug-likeness (QED) is 0.0648. The molecule has 1 aromatic heterocycles. The summed E-state index contributed by atoms with van der Waals surface area (Å²) in [6.07, 6.45) is 15.9. The van der Waals surface area contributed by atoms with Crippen molar-refractivity contribution >= 4 is 51.1 Å². The second-order valence-electron chi connectivity index (χ2n) is 9.28. The first-order valence-corrected chi connectivity index (χ1v) is 14.6. The molecule has 3 aromatic rings. The van der Waals surface area contributed by atoms with Crippen LogP contribution in [0.5, 0.6) is 5.75 Å². The molecule has 0 spiro atoms. The Kier molecular flexibility index (Phi) is 12.6. The van der Waals surface area contributed by atoms with Crippen LogP contribution in [-0.4, -0.2) is 18.1 Å². The van der Waals surface area contributed by atoms with Crippen LogP contribution in [0.2, 0.25) is 5.02 Å². The van der Waals surface area contributed by atoms with Crippen LogP contribution in [0.4, 0.5) is 0 Å². The van der Waals surface area contributed by atoms with Gasteiger partial charge in [0.05, 0.1) is 11.2 Å². The normalized spacial score (nSPS) is 11.3. The Bertz CT molecular complexity index is 1160. The molecule has 0 aliphatic heterocycles. The van der Waals surface area contributed by atoms with Crippen molar-refractivity contribution in [3.63, 3.8) is 0 Å². The second kappa shape index (κ2) is 16.2. The number of halogens is 1. The van der Waals surface area contributed by atoms with Crippen molar-refractivity contribution < 1.29 is 14.3 Å². The van der Waals surface area contributed by atoms with Gasteiger partial charge in [-0.1, -0.05) is 101 Å². The summed E-state index contributed by atoms with van der Waals surface area (Å²) in [6, 6.07) is 14.5. The number of fused-ring (bicyclic) bond motifs is 1. The highest BCUT2D eigenvalue weighted by molar-refractivity contribution is 7.21. The van der Waals surface area contributed by atoms with Crippen LogP contribution < -0.4 is 10.2 Å². The van der Waals surface area contributed by atoms with Crippen LogP contribution in [0, 0.1) is 0 Å². The molecule has 3 rings (SSSR count). The zero-order valence-corrected chi connectivity index (χ0v) is 23.2. The van der Waals surface area contributed by atoms with Crippen molar-refractivity contribution in [2.24, 2.45) is 5.10 Å². The van der Waals surface area contributed by atoms with Crippen molar-refractivity contribution in [1.29, 1.82) is 0 Å². The molecule has 37 heavy (non-hydrogen) atoms. The minimum Gasteiger partial charge on any atom is -0.422 e. The fourth-order valence-corrected chi connectivity index (χ4v) is 5.49. The lowest BCUT2D eigenvalue weighted by Gasteiger charge is -2.04. The summed E-state index contributed by atoms with van der Waals surface area (Å²) in [5, 5.41) is 5.30. The van der Waals surface area contributed by atoms with Gasteiger partial charge in [0.25, 0.3) is 0 Å². The molecule has 7 heteroatoms. The lowest BCUT2D eigenvalue weighted by Crippen LogP contribution is -2.16. The fourth-order valence-electron chi connectivity index (χ4n) is 4.11. The van der Waals surface area contributed by atoms with Gasteiger partial charge in [0.15, 0.2) is 0 Å². The molecule has 5 nitrogen and oxygen atoms in total. The maximum Gasteiger partial charge on any atom is 0.355 e. The Hall–Kier alpha value is -2.70. The molecular weight excluding hydrogens is 504 g/mol. The number of hydrogen-bond acceptors (Lipinski definition) is 5. The maximum atomic E-state index is 12.6. The number of thiophene rings is 1. The first-order valence-electron chi connectivity index (χ1n) is 13.4. The van der Waals surface area contributed by atoms with E-state index in [0.29, 0.717) is 22.1 Å². The Morgan fingerprint density at radius 1 is 0.892 bits per heavy atom. The van der Waals surface area contributed by atoms with Crippen LogP contribution in [0.1, 0.15) is 99.2 Å². The van der Waals surface area contributed by atoms with Gasteiger partial charge in [0, 0.05) is 16.5 Å². The van der Waals surface area contributed by atoms with Crippen molar-refractivity contribution in [2.75, 3.05) is 0 Å². The molecule has 0 unspecified atom stereocenters. The Labute approximate surface area is 229 Å². The van der Waals surface area contributed by atoms with E-state index in [2.05, 4.69) is 17.5 Å². The van der Waals surface area contributed by atoms with E-state index in [4.69, 9.17) is 16.3 Å². The van der Waals surface area contributed by atoms with E-state index in [1.54, 1.807) is 30.5 Å². The first-order chi connectivity index (χ1) is 18.1. The Balaban J connectivity index is 1.30. The topological polar surface area (TPSA) is 67.8 Å². The molecule has 0 atom stereocenters. The lowest BCUT2D eigenvalue weighted by molar-refractivity contribution is -0.121. The summed E-state index contributed by atoms with van der Waals surface area (Å²) in [5.74, 6) is -0.142. The Morgan fingerprint density at radius 2 is 1.51 bits per heavy atom. The van der Waals surface area contributed by atoms with E-state index < -0.39 is 5.97 Å². The molecule has 0 fully saturated rings. The predicted octanol–water partition coefficient (Wildman–Crippen LogP) is 8.93. The summed E-state index contributed by atoms with van der Waals surface area (Å²) in [6.45, 7) is 2.25. The largest absolute Gasteiger partial charge is 0.422 e. The van der Waals surface area contributed by atoms with Gasteiger partial charge in [-0.2, -0.15) is 5.10 Å². The molecule has 0 saturated carbocycles. The van der Waals surface area contributed by atoms with E-state index in [1.807, 2.05) is 24.3 Å². The smallest absolute Gasteiger partial charge is 0.355 e. The molecule has 0 aliphatic carbocycles. The molecule has 2 aromatic carbocycles. The summed E-state index contributed by atoms with van der Waals surface area (Å²) < 4.78 is 6.43. The third-order valence-electron chi connectivity index (χ3n) is 6.22. The summed E-state index contributed by atoms with van der Waals surface area (Å²) >= 11 is 7.68. The number of hydrazone groups is 1. The maximum absolute atomic E-state index is 12.6. The average Bonchev–Trinajstić information content (AvgIpc) is 3.25. The summed E-state index contributed by atoms with van der Waals surface area (Å²) in [4.78, 5) is 25.0. The van der Waals surface area contributed by atoms with Gasteiger partial charge in [-0.05, 0) is 42.3 Å². The number of esters is 1. The number of amides is 1. The highest BCUT2D eigenvalue weighted by Crippen LogP contribution is 2.35. The number of benzene rings is 2. The number of unbranched alkanes of at least 4 members (excludes halogenated alkanes) is 10. The number of nitrogens with one attached hydrogen (secondary N) is 1. The highest BCUT2D eigenvalue weighted by atomic mass is 35.5. The molecule has 1 N–H and O–H groups in total. The zero-order valence-electron chi connectivity index (χ0n) is 21.6. The van der Waals surface area contributed by atoms with E-state index in [1.165, 1.54) is 69.1 Å². The molecule has 0 saturated heterocycles. The number of hydrogen-bond donors (Lipinski definition) is 1. The molecular formula is C30H37ClN2O3S. The first kappa shape index (κ1) is 28.9. The van der Waals surface area contributed by atoms with Gasteiger partial charge in [-0.15, -0.1) is 11.3 Å². The lowest BCUT2D eigenvalue weighted by atomic mass is 10.1. The van der Waals surface area contributed by atoms with Crippen LogP contribution in [0.15, 0.2) is 53.6 Å².